The molecule has 8 heteroatoms. The second-order valence-electron chi connectivity index (χ2n) is 7.96. The number of anilines is 1. The molecule has 3 atom stereocenters. The monoisotopic (exact) mass is 382 g/mol. The molecule has 4 aliphatic rings. The van der Waals surface area contributed by atoms with Crippen LogP contribution >= 0.6 is 0 Å². The molecule has 1 aromatic rings. The fourth-order valence-corrected chi connectivity index (χ4v) is 5.02. The van der Waals surface area contributed by atoms with Crippen LogP contribution in [0.25, 0.3) is 0 Å². The number of carbonyl (C=O) groups is 4. The van der Waals surface area contributed by atoms with Gasteiger partial charge in [0, 0.05) is 30.7 Å². The Kier molecular flexibility index (Phi) is 3.97. The second kappa shape index (κ2) is 6.41. The van der Waals surface area contributed by atoms with Gasteiger partial charge in [0.25, 0.3) is 11.8 Å². The molecule has 5 rings (SSSR count). The van der Waals surface area contributed by atoms with Crippen molar-refractivity contribution in [3.8, 4) is 0 Å². The molecule has 0 radical (unpaired) electrons. The topological polar surface area (TPSA) is 98.8 Å². The van der Waals surface area contributed by atoms with Gasteiger partial charge >= 0.3 is 0 Å². The number of fused-ring (bicyclic) bond motifs is 3. The number of nitrogens with zero attached hydrogens (tertiary/aromatic N) is 2. The number of amides is 4. The third kappa shape index (κ3) is 2.55. The molecule has 0 aromatic heterocycles. The molecule has 146 valence electrons. The number of rotatable bonds is 2. The van der Waals surface area contributed by atoms with Crippen molar-refractivity contribution in [2.45, 2.75) is 50.2 Å². The average molecular weight is 382 g/mol. The van der Waals surface area contributed by atoms with Crippen molar-refractivity contribution in [2.24, 2.45) is 0 Å². The zero-order valence-electron chi connectivity index (χ0n) is 15.4. The van der Waals surface area contributed by atoms with E-state index in [0.717, 1.165) is 42.9 Å². The van der Waals surface area contributed by atoms with Crippen molar-refractivity contribution in [1.29, 1.82) is 0 Å². The van der Waals surface area contributed by atoms with Gasteiger partial charge in [0.2, 0.25) is 11.8 Å². The Hall–Kier alpha value is -2.74. The molecule has 4 amide bonds. The maximum absolute atomic E-state index is 13.0. The third-order valence-corrected chi connectivity index (χ3v) is 6.38. The highest BCUT2D eigenvalue weighted by Gasteiger charge is 2.45. The zero-order chi connectivity index (χ0) is 19.4. The van der Waals surface area contributed by atoms with E-state index in [-0.39, 0.29) is 18.7 Å². The van der Waals surface area contributed by atoms with E-state index in [1.54, 1.807) is 12.1 Å². The van der Waals surface area contributed by atoms with Crippen LogP contribution < -0.4 is 15.5 Å². The summed E-state index contributed by atoms with van der Waals surface area (Å²) in [7, 11) is 0. The molecule has 2 N–H and O–H groups in total. The van der Waals surface area contributed by atoms with Crippen molar-refractivity contribution in [3.63, 3.8) is 0 Å². The van der Waals surface area contributed by atoms with E-state index in [1.807, 2.05) is 6.07 Å². The largest absolute Gasteiger partial charge is 0.364 e. The van der Waals surface area contributed by atoms with Gasteiger partial charge in [0.05, 0.1) is 11.1 Å². The molecule has 28 heavy (non-hydrogen) atoms. The Morgan fingerprint density at radius 1 is 0.893 bits per heavy atom. The quantitative estimate of drug-likeness (QED) is 0.720. The van der Waals surface area contributed by atoms with Crippen molar-refractivity contribution in [1.82, 2.24) is 15.5 Å². The first-order chi connectivity index (χ1) is 13.5. The number of benzene rings is 1. The molecule has 4 aliphatic heterocycles. The van der Waals surface area contributed by atoms with Gasteiger partial charge in [-0.1, -0.05) is 0 Å². The van der Waals surface area contributed by atoms with Crippen LogP contribution in [0.5, 0.6) is 0 Å². The average Bonchev–Trinajstić information content (AvgIpc) is 3.07. The molecule has 1 aromatic carbocycles. The van der Waals surface area contributed by atoms with E-state index in [1.165, 1.54) is 0 Å². The first kappa shape index (κ1) is 17.4. The minimum atomic E-state index is -0.924. The highest BCUT2D eigenvalue weighted by atomic mass is 16.2. The van der Waals surface area contributed by atoms with Crippen molar-refractivity contribution < 1.29 is 19.2 Å². The van der Waals surface area contributed by atoms with Crippen LogP contribution in [0, 0.1) is 0 Å². The summed E-state index contributed by atoms with van der Waals surface area (Å²) in [5.74, 6) is -1.86. The summed E-state index contributed by atoms with van der Waals surface area (Å²) in [6.07, 6.45) is 3.61. The number of hydrogen-bond acceptors (Lipinski definition) is 6. The van der Waals surface area contributed by atoms with E-state index >= 15 is 0 Å². The number of piperidine rings is 1. The molecular formula is C20H22N4O4. The van der Waals surface area contributed by atoms with Crippen LogP contribution in [0.2, 0.25) is 0 Å². The van der Waals surface area contributed by atoms with Crippen LogP contribution in [-0.2, 0) is 9.59 Å². The number of imide groups is 2. The maximum Gasteiger partial charge on any atom is 0.262 e. The predicted octanol–water partition coefficient (Wildman–Crippen LogP) is 0.419. The molecule has 3 saturated heterocycles. The van der Waals surface area contributed by atoms with Crippen LogP contribution in [-0.4, -0.2) is 59.7 Å². The Morgan fingerprint density at radius 2 is 1.68 bits per heavy atom. The Bertz CT molecular complexity index is 884. The van der Waals surface area contributed by atoms with Crippen LogP contribution in [0.4, 0.5) is 5.69 Å². The highest BCUT2D eigenvalue weighted by Crippen LogP contribution is 2.36. The lowest BCUT2D eigenvalue weighted by atomic mass is 10.0. The molecule has 0 spiro atoms. The van der Waals surface area contributed by atoms with E-state index in [4.69, 9.17) is 0 Å². The summed E-state index contributed by atoms with van der Waals surface area (Å²) < 4.78 is 0. The summed E-state index contributed by atoms with van der Waals surface area (Å²) in [5.41, 5.74) is 1.64. The Morgan fingerprint density at radius 3 is 2.50 bits per heavy atom. The Labute approximate surface area is 162 Å². The van der Waals surface area contributed by atoms with Crippen molar-refractivity contribution in [3.05, 3.63) is 29.3 Å². The van der Waals surface area contributed by atoms with Gasteiger partial charge in [-0.25, -0.2) is 0 Å². The first-order valence-electron chi connectivity index (χ1n) is 9.89. The number of hydrogen-bond donors (Lipinski definition) is 2. The molecule has 3 unspecified atom stereocenters. The third-order valence-electron chi connectivity index (χ3n) is 6.38. The summed E-state index contributed by atoms with van der Waals surface area (Å²) in [6, 6.07) is 5.33. The molecule has 3 fully saturated rings. The maximum atomic E-state index is 13.0. The predicted molar refractivity (Wildman–Crippen MR) is 99.9 cm³/mol. The number of carbonyl (C=O) groups excluding carboxylic acids is 4. The summed E-state index contributed by atoms with van der Waals surface area (Å²) in [6.45, 7) is 1.91. The van der Waals surface area contributed by atoms with Gasteiger partial charge < -0.3 is 10.2 Å². The lowest BCUT2D eigenvalue weighted by Gasteiger charge is -2.30. The number of nitrogens with one attached hydrogen (secondary N) is 2. The summed E-state index contributed by atoms with van der Waals surface area (Å²) in [4.78, 5) is 52.8. The molecule has 0 aliphatic carbocycles. The lowest BCUT2D eigenvalue weighted by molar-refractivity contribution is -0.136. The molecule has 0 saturated carbocycles. The highest BCUT2D eigenvalue weighted by molar-refractivity contribution is 6.23. The van der Waals surface area contributed by atoms with Gasteiger partial charge in [-0.2, -0.15) is 0 Å². The van der Waals surface area contributed by atoms with Crippen molar-refractivity contribution in [2.75, 3.05) is 18.0 Å². The molecule has 4 heterocycles. The van der Waals surface area contributed by atoms with Gasteiger partial charge in [0.1, 0.15) is 6.04 Å². The normalized spacial score (nSPS) is 29.8. The lowest BCUT2D eigenvalue weighted by Crippen LogP contribution is -2.54. The SMILES string of the molecule is O=C1CCC(N2C(=O)c3ccc(N4C5CCNCC4CC5)cc3C2=O)C(=O)N1. The smallest absolute Gasteiger partial charge is 0.262 e. The van der Waals surface area contributed by atoms with Gasteiger partial charge in [-0.05, 0) is 50.4 Å². The molecular weight excluding hydrogens is 360 g/mol. The minimum absolute atomic E-state index is 0.124. The van der Waals surface area contributed by atoms with E-state index in [2.05, 4.69) is 15.5 Å². The van der Waals surface area contributed by atoms with Gasteiger partial charge in [-0.3, -0.25) is 29.4 Å². The first-order valence-corrected chi connectivity index (χ1v) is 9.89. The minimum Gasteiger partial charge on any atom is -0.364 e. The van der Waals surface area contributed by atoms with Crippen LogP contribution in [0.15, 0.2) is 18.2 Å². The summed E-state index contributed by atoms with van der Waals surface area (Å²) >= 11 is 0. The fraction of sp³-hybridized carbons (Fsp3) is 0.500. The molecule has 2 bridgehead atoms. The Balaban J connectivity index is 1.47. The van der Waals surface area contributed by atoms with Crippen LogP contribution in [0.1, 0.15) is 52.8 Å². The standard InChI is InChI=1S/C20H22N4O4/c25-17-6-5-16(18(26)22-17)24-19(27)14-4-3-12(9-15(14)20(24)28)23-11-1-2-13(23)10-21-8-7-11/h3-4,9,11,13,16,21H,1-2,5-8,10H2,(H,22,25,26). The van der Waals surface area contributed by atoms with Gasteiger partial charge in [0.15, 0.2) is 0 Å². The fourth-order valence-electron chi connectivity index (χ4n) is 5.02. The zero-order valence-corrected chi connectivity index (χ0v) is 15.4. The van der Waals surface area contributed by atoms with Crippen molar-refractivity contribution >= 4 is 29.3 Å². The van der Waals surface area contributed by atoms with E-state index in [9.17, 15) is 19.2 Å². The second-order valence-corrected chi connectivity index (χ2v) is 7.96. The summed E-state index contributed by atoms with van der Waals surface area (Å²) in [5, 5.41) is 5.69. The van der Waals surface area contributed by atoms with E-state index < -0.39 is 23.8 Å². The van der Waals surface area contributed by atoms with E-state index in [0.29, 0.717) is 23.2 Å². The van der Waals surface area contributed by atoms with Gasteiger partial charge in [-0.15, -0.1) is 0 Å². The molecule has 8 nitrogen and oxygen atoms in total. The van der Waals surface area contributed by atoms with Crippen LogP contribution in [0.3, 0.4) is 0 Å².